The molecule has 32 heavy (non-hydrogen) atoms. The molecule has 0 aliphatic carbocycles. The van der Waals surface area contributed by atoms with E-state index in [0.29, 0.717) is 34.9 Å². The number of nitrogens with one attached hydrogen (secondary N) is 2. The number of carbonyl (C=O) groups excluding carboxylic acids is 1. The maximum Gasteiger partial charge on any atom is 0.487 e. The Balaban J connectivity index is 1.54. The van der Waals surface area contributed by atoms with Gasteiger partial charge in [-0.15, -0.1) is 8.78 Å². The number of alkyl halides is 3. The molecular weight excluding hydrogens is 444 g/mol. The van der Waals surface area contributed by atoms with Gasteiger partial charge in [0.1, 0.15) is 11.6 Å². The second kappa shape index (κ2) is 9.09. The molecule has 1 aliphatic rings. The van der Waals surface area contributed by atoms with Crippen molar-refractivity contribution in [1.29, 1.82) is 0 Å². The first-order valence-electron chi connectivity index (χ1n) is 9.85. The molecule has 1 fully saturated rings. The standard InChI is InChI=1S/C21H20ClF2N5O3/c22-21(23,24)32-16-3-1-15(2-4-16)27-20(31)14-9-17(18-5-7-26-28-18)19(25-10-14)29-8-6-13(11-29)12-30/h1-5,7,9-10,13,30H,6,8,11-12H2,(H,26,28)(H,27,31). The van der Waals surface area contributed by atoms with Gasteiger partial charge in [0, 0.05) is 60.9 Å². The van der Waals surface area contributed by atoms with Crippen LogP contribution in [-0.4, -0.2) is 51.5 Å². The number of aromatic amines is 1. The summed E-state index contributed by atoms with van der Waals surface area (Å²) in [5, 5.41) is 19.0. The number of anilines is 2. The fourth-order valence-corrected chi connectivity index (χ4v) is 3.64. The van der Waals surface area contributed by atoms with E-state index >= 15 is 0 Å². The van der Waals surface area contributed by atoms with Crippen molar-refractivity contribution in [2.75, 3.05) is 29.9 Å². The molecule has 168 valence electrons. The number of hydrogen-bond acceptors (Lipinski definition) is 6. The van der Waals surface area contributed by atoms with E-state index in [1.807, 2.05) is 0 Å². The minimum atomic E-state index is -3.81. The molecule has 0 bridgehead atoms. The Morgan fingerprint density at radius 1 is 1.34 bits per heavy atom. The molecule has 1 unspecified atom stereocenters. The van der Waals surface area contributed by atoms with Crippen molar-refractivity contribution in [3.8, 4) is 17.0 Å². The zero-order valence-corrected chi connectivity index (χ0v) is 17.5. The van der Waals surface area contributed by atoms with Gasteiger partial charge in [0.2, 0.25) is 0 Å². The third-order valence-corrected chi connectivity index (χ3v) is 5.19. The molecule has 3 N–H and O–H groups in total. The first-order chi connectivity index (χ1) is 15.3. The summed E-state index contributed by atoms with van der Waals surface area (Å²) >= 11 is 4.75. The van der Waals surface area contributed by atoms with E-state index in [4.69, 9.17) is 11.6 Å². The van der Waals surface area contributed by atoms with Crippen LogP contribution >= 0.6 is 11.6 Å². The Kier molecular flexibility index (Phi) is 6.24. The minimum absolute atomic E-state index is 0.114. The SMILES string of the molecule is O=C(Nc1ccc(OC(F)(F)Cl)cc1)c1cnc(N2CCC(CO)C2)c(-c2ccn[nH]2)c1. The van der Waals surface area contributed by atoms with Crippen molar-refractivity contribution in [3.63, 3.8) is 0 Å². The lowest BCUT2D eigenvalue weighted by molar-refractivity contribution is -0.0964. The third kappa shape index (κ3) is 5.14. The predicted octanol–water partition coefficient (Wildman–Crippen LogP) is 3.71. The fourth-order valence-electron chi connectivity index (χ4n) is 3.56. The van der Waals surface area contributed by atoms with Crippen molar-refractivity contribution in [2.24, 2.45) is 5.92 Å². The van der Waals surface area contributed by atoms with Gasteiger partial charge in [-0.1, -0.05) is 0 Å². The van der Waals surface area contributed by atoms with E-state index in [-0.39, 0.29) is 18.3 Å². The van der Waals surface area contributed by atoms with Crippen LogP contribution in [0.3, 0.4) is 0 Å². The van der Waals surface area contributed by atoms with Gasteiger partial charge in [-0.05, 0) is 42.8 Å². The summed E-state index contributed by atoms with van der Waals surface area (Å²) in [6.45, 7) is 1.54. The van der Waals surface area contributed by atoms with E-state index in [0.717, 1.165) is 13.0 Å². The number of nitrogens with zero attached hydrogens (tertiary/aromatic N) is 3. The van der Waals surface area contributed by atoms with Crippen molar-refractivity contribution < 1.29 is 23.4 Å². The highest BCUT2D eigenvalue weighted by molar-refractivity contribution is 6.20. The maximum absolute atomic E-state index is 12.8. The molecule has 1 aliphatic heterocycles. The number of ether oxygens (including phenoxy) is 1. The van der Waals surface area contributed by atoms with E-state index in [1.165, 1.54) is 30.5 Å². The molecule has 8 nitrogen and oxygen atoms in total. The summed E-state index contributed by atoms with van der Waals surface area (Å²) in [7, 11) is 0. The molecule has 1 aromatic carbocycles. The molecule has 2 aromatic heterocycles. The summed E-state index contributed by atoms with van der Waals surface area (Å²) in [5.74, 6) is 0.323. The monoisotopic (exact) mass is 463 g/mol. The summed E-state index contributed by atoms with van der Waals surface area (Å²) in [4.78, 5) is 19.4. The molecular formula is C21H20ClF2N5O3. The minimum Gasteiger partial charge on any atom is -0.420 e. The number of hydrogen-bond donors (Lipinski definition) is 3. The normalized spacial score (nSPS) is 16.2. The Morgan fingerprint density at radius 3 is 2.75 bits per heavy atom. The zero-order chi connectivity index (χ0) is 22.7. The number of carbonyl (C=O) groups is 1. The van der Waals surface area contributed by atoms with Gasteiger partial charge < -0.3 is 20.1 Å². The Morgan fingerprint density at radius 2 is 2.12 bits per heavy atom. The number of aliphatic hydroxyl groups is 1. The van der Waals surface area contributed by atoms with Gasteiger partial charge in [0.05, 0.1) is 11.3 Å². The van der Waals surface area contributed by atoms with Crippen LogP contribution in [-0.2, 0) is 0 Å². The maximum atomic E-state index is 12.8. The highest BCUT2D eigenvalue weighted by Gasteiger charge is 2.28. The second-order valence-electron chi connectivity index (χ2n) is 7.38. The van der Waals surface area contributed by atoms with Crippen LogP contribution in [0.4, 0.5) is 20.3 Å². The number of amides is 1. The fraction of sp³-hybridized carbons (Fsp3) is 0.286. The topological polar surface area (TPSA) is 103 Å². The highest BCUT2D eigenvalue weighted by Crippen LogP contribution is 2.32. The summed E-state index contributed by atoms with van der Waals surface area (Å²) in [6.07, 6.45) is 3.95. The van der Waals surface area contributed by atoms with Crippen molar-refractivity contribution in [2.45, 2.75) is 12.0 Å². The molecule has 3 aromatic rings. The molecule has 0 saturated carbocycles. The number of H-pyrrole nitrogens is 1. The number of rotatable bonds is 7. The van der Waals surface area contributed by atoms with Gasteiger partial charge in [-0.25, -0.2) is 4.98 Å². The average Bonchev–Trinajstić information content (AvgIpc) is 3.46. The van der Waals surface area contributed by atoms with Crippen LogP contribution in [0.1, 0.15) is 16.8 Å². The lowest BCUT2D eigenvalue weighted by atomic mass is 10.1. The number of aliphatic hydroxyl groups excluding tert-OH is 1. The van der Waals surface area contributed by atoms with Crippen LogP contribution in [0, 0.1) is 5.92 Å². The lowest BCUT2D eigenvalue weighted by Gasteiger charge is -2.21. The third-order valence-electron chi connectivity index (χ3n) is 5.11. The zero-order valence-electron chi connectivity index (χ0n) is 16.8. The molecule has 0 radical (unpaired) electrons. The molecule has 11 heteroatoms. The van der Waals surface area contributed by atoms with E-state index in [1.54, 1.807) is 18.3 Å². The molecule has 3 heterocycles. The highest BCUT2D eigenvalue weighted by atomic mass is 35.5. The predicted molar refractivity (Wildman–Crippen MR) is 115 cm³/mol. The molecule has 1 amide bonds. The molecule has 1 atom stereocenters. The number of aromatic nitrogens is 3. The first-order valence-corrected chi connectivity index (χ1v) is 10.2. The summed E-state index contributed by atoms with van der Waals surface area (Å²) < 4.78 is 29.7. The van der Waals surface area contributed by atoms with Gasteiger partial charge in [-0.3, -0.25) is 9.89 Å². The molecule has 0 spiro atoms. The van der Waals surface area contributed by atoms with Crippen LogP contribution in [0.2, 0.25) is 0 Å². The summed E-state index contributed by atoms with van der Waals surface area (Å²) in [5.41, 5.74) is -1.70. The van der Waals surface area contributed by atoms with Gasteiger partial charge in [0.25, 0.3) is 5.91 Å². The van der Waals surface area contributed by atoms with E-state index in [2.05, 4.69) is 30.1 Å². The number of benzene rings is 1. The molecule has 4 rings (SSSR count). The van der Waals surface area contributed by atoms with Crippen LogP contribution in [0.15, 0.2) is 48.8 Å². The summed E-state index contributed by atoms with van der Waals surface area (Å²) in [6, 6.07) is 8.89. The first kappa shape index (κ1) is 22.0. The van der Waals surface area contributed by atoms with Crippen LogP contribution in [0.5, 0.6) is 5.75 Å². The van der Waals surface area contributed by atoms with E-state index in [9.17, 15) is 18.7 Å². The van der Waals surface area contributed by atoms with Crippen molar-refractivity contribution in [1.82, 2.24) is 15.2 Å². The van der Waals surface area contributed by atoms with Crippen LogP contribution < -0.4 is 15.0 Å². The Bertz CT molecular complexity index is 1070. The second-order valence-corrected chi connectivity index (χ2v) is 7.82. The molecule has 1 saturated heterocycles. The largest absolute Gasteiger partial charge is 0.487 e. The van der Waals surface area contributed by atoms with Crippen molar-refractivity contribution >= 4 is 29.0 Å². The average molecular weight is 464 g/mol. The lowest BCUT2D eigenvalue weighted by Crippen LogP contribution is -2.23. The Hall–Kier alpha value is -3.24. The smallest absolute Gasteiger partial charge is 0.420 e. The Labute approximate surface area is 187 Å². The number of pyridine rings is 1. The van der Waals surface area contributed by atoms with Crippen molar-refractivity contribution in [3.05, 3.63) is 54.4 Å². The number of halogens is 3. The van der Waals surface area contributed by atoms with Gasteiger partial charge >= 0.3 is 5.57 Å². The van der Waals surface area contributed by atoms with Gasteiger partial charge in [-0.2, -0.15) is 5.10 Å². The quantitative estimate of drug-likeness (QED) is 0.461. The van der Waals surface area contributed by atoms with Crippen LogP contribution in [0.25, 0.3) is 11.3 Å². The van der Waals surface area contributed by atoms with Gasteiger partial charge in [0.15, 0.2) is 0 Å². The van der Waals surface area contributed by atoms with E-state index < -0.39 is 11.5 Å².